The molecule has 1 aromatic carbocycles. The van der Waals surface area contributed by atoms with Gasteiger partial charge in [-0.2, -0.15) is 0 Å². The number of methoxy groups -OCH3 is 4. The van der Waals surface area contributed by atoms with Crippen molar-refractivity contribution in [2.24, 2.45) is 0 Å². The number of benzene rings is 1. The molecule has 1 atom stereocenters. The number of hydrogen-bond donors (Lipinski definition) is 0. The van der Waals surface area contributed by atoms with Crippen molar-refractivity contribution < 1.29 is 70.8 Å². The Balaban J connectivity index is 0.00000900. The van der Waals surface area contributed by atoms with Gasteiger partial charge in [0.15, 0.2) is 0 Å². The van der Waals surface area contributed by atoms with Crippen LogP contribution in [0.25, 0.3) is 0 Å². The molecule has 173 valence electrons. The molecule has 2 amide bonds. The molecule has 0 saturated heterocycles. The molecule has 0 aliphatic carbocycles. The molecule has 1 aromatic rings. The van der Waals surface area contributed by atoms with Gasteiger partial charge in [-0.25, -0.2) is 0 Å². The summed E-state index contributed by atoms with van der Waals surface area (Å²) in [5, 5.41) is 0. The molecule has 0 heterocycles. The molecule has 1 rings (SSSR count). The van der Waals surface area contributed by atoms with Crippen LogP contribution >= 0.6 is 21.2 Å². The van der Waals surface area contributed by atoms with E-state index in [4.69, 9.17) is 23.7 Å². The summed E-state index contributed by atoms with van der Waals surface area (Å²) < 4.78 is 26.6. The fourth-order valence-electron chi connectivity index (χ4n) is 2.61. The Morgan fingerprint density at radius 2 is 1.52 bits per heavy atom. The summed E-state index contributed by atoms with van der Waals surface area (Å²) in [7, 11) is 5.34. The van der Waals surface area contributed by atoms with Gasteiger partial charge in [0.1, 0.15) is 0 Å². The number of carbonyl (C=O) groups excluding carboxylic acids is 3. The standard InChI is InChI=1S/C20H30INO8.Y/c1-20(2,3)30-19(25)22(18(24)29-8)14(17(23)28-7)9-12-10-15(26-5)16(27-6)11-13(12)21-4;/h10-11,14,21H,9H2,1-8H3;/t14-;/m0./s1. The molecule has 0 fully saturated rings. The molecule has 0 bridgehead atoms. The average Bonchev–Trinajstić information content (AvgIpc) is 2.70. The van der Waals surface area contributed by atoms with Crippen molar-refractivity contribution in [2.75, 3.05) is 33.4 Å². The van der Waals surface area contributed by atoms with E-state index >= 15 is 0 Å². The third-order valence-electron chi connectivity index (χ3n) is 3.95. The first-order chi connectivity index (χ1) is 14.0. The van der Waals surface area contributed by atoms with Crippen LogP contribution in [0.15, 0.2) is 12.1 Å². The van der Waals surface area contributed by atoms with Crippen LogP contribution in [0.3, 0.4) is 0 Å². The summed E-state index contributed by atoms with van der Waals surface area (Å²) in [6.45, 7) is 4.97. The van der Waals surface area contributed by atoms with E-state index in [2.05, 4.69) is 4.93 Å². The summed E-state index contributed by atoms with van der Waals surface area (Å²) in [5.41, 5.74) is -0.139. The number of nitrogens with zero attached hydrogens (tertiary/aromatic N) is 1. The third kappa shape index (κ3) is 8.38. The van der Waals surface area contributed by atoms with Crippen molar-refractivity contribution in [3.8, 4) is 11.5 Å². The molecule has 0 aliphatic rings. The Morgan fingerprint density at radius 1 is 0.968 bits per heavy atom. The number of halogens is 1. The first-order valence-electron chi connectivity index (χ1n) is 8.99. The van der Waals surface area contributed by atoms with Gasteiger partial charge in [-0.15, -0.1) is 0 Å². The molecule has 11 heteroatoms. The van der Waals surface area contributed by atoms with E-state index < -0.39 is 51.0 Å². The number of hydrogen-bond acceptors (Lipinski definition) is 8. The second kappa shape index (κ2) is 13.4. The zero-order valence-electron chi connectivity index (χ0n) is 19.1. The molecule has 0 N–H and O–H groups in total. The van der Waals surface area contributed by atoms with Crippen LogP contribution in [0, 0.1) is 3.57 Å². The number of alkyl halides is 1. The maximum Gasteiger partial charge on any atom is 0 e. The smallest absolute Gasteiger partial charge is 0 e. The van der Waals surface area contributed by atoms with Crippen LogP contribution in [0.5, 0.6) is 11.5 Å². The van der Waals surface area contributed by atoms with Crippen molar-refractivity contribution >= 4 is 39.4 Å². The van der Waals surface area contributed by atoms with Gasteiger partial charge in [-0.05, 0) is 0 Å². The molecule has 9 nitrogen and oxygen atoms in total. The Morgan fingerprint density at radius 3 is 1.94 bits per heavy atom. The number of ether oxygens (including phenoxy) is 5. The van der Waals surface area contributed by atoms with E-state index in [1.54, 1.807) is 26.8 Å². The minimum Gasteiger partial charge on any atom is 0 e. The zero-order valence-corrected chi connectivity index (χ0v) is 24.3. The number of esters is 1. The van der Waals surface area contributed by atoms with Crippen LogP contribution in [-0.2, 0) is 58.1 Å². The molecule has 0 aromatic heterocycles. The van der Waals surface area contributed by atoms with Crippen molar-refractivity contribution in [3.63, 3.8) is 0 Å². The fraction of sp³-hybridized carbons (Fsp3) is 0.550. The minimum atomic E-state index is -1.28. The second-order valence-corrected chi connectivity index (χ2v) is 9.50. The monoisotopic (exact) mass is 628 g/mol. The van der Waals surface area contributed by atoms with Crippen molar-refractivity contribution in [2.45, 2.75) is 38.8 Å². The Labute approximate surface area is 218 Å². The van der Waals surface area contributed by atoms with Crippen molar-refractivity contribution in [3.05, 3.63) is 21.3 Å². The third-order valence-corrected chi connectivity index (χ3v) is 6.29. The van der Waals surface area contributed by atoms with Gasteiger partial charge in [0.2, 0.25) is 0 Å². The maximum atomic E-state index is 12.7. The fourth-order valence-corrected chi connectivity index (χ4v) is 4.41. The van der Waals surface area contributed by atoms with E-state index in [-0.39, 0.29) is 39.1 Å². The first-order valence-corrected chi connectivity index (χ1v) is 12.5. The summed E-state index contributed by atoms with van der Waals surface area (Å²) in [4.78, 5) is 40.5. The number of rotatable bonds is 7. The van der Waals surface area contributed by atoms with Gasteiger partial charge in [0.25, 0.3) is 0 Å². The van der Waals surface area contributed by atoms with Gasteiger partial charge in [0.05, 0.1) is 0 Å². The molecular formula is C20H30INO8Y. The van der Waals surface area contributed by atoms with Gasteiger partial charge in [-0.1, -0.05) is 0 Å². The van der Waals surface area contributed by atoms with Gasteiger partial charge < -0.3 is 0 Å². The normalized spacial score (nSPS) is 11.6. The van der Waals surface area contributed by atoms with Crippen LogP contribution in [-0.4, -0.2) is 68.1 Å². The predicted octanol–water partition coefficient (Wildman–Crippen LogP) is 3.29. The van der Waals surface area contributed by atoms with Crippen molar-refractivity contribution in [1.82, 2.24) is 4.90 Å². The van der Waals surface area contributed by atoms with Gasteiger partial charge >= 0.3 is 187 Å². The van der Waals surface area contributed by atoms with Crippen LogP contribution in [0.4, 0.5) is 9.59 Å². The zero-order chi connectivity index (χ0) is 23.1. The quantitative estimate of drug-likeness (QED) is 0.197. The van der Waals surface area contributed by atoms with Crippen LogP contribution in [0.2, 0.25) is 0 Å². The van der Waals surface area contributed by atoms with E-state index in [0.717, 1.165) is 16.2 Å². The Kier molecular flexibility index (Phi) is 12.9. The van der Waals surface area contributed by atoms with E-state index in [1.807, 2.05) is 6.07 Å². The van der Waals surface area contributed by atoms with E-state index in [1.165, 1.54) is 21.3 Å². The summed E-state index contributed by atoms with van der Waals surface area (Å²) in [6.07, 6.45) is -2.01. The summed E-state index contributed by atoms with van der Waals surface area (Å²) >= 11 is -0.616. The topological polar surface area (TPSA) is 101 Å². The summed E-state index contributed by atoms with van der Waals surface area (Å²) in [5.74, 6) is 0.265. The molecule has 0 aliphatic heterocycles. The second-order valence-electron chi connectivity index (χ2n) is 7.08. The van der Waals surface area contributed by atoms with E-state index in [9.17, 15) is 14.4 Å². The molecule has 0 unspecified atom stereocenters. The van der Waals surface area contributed by atoms with Gasteiger partial charge in [0, 0.05) is 32.7 Å². The number of imide groups is 1. The SMILES string of the molecule is COC(=O)[C@H](Cc1cc(OC)c(OC)cc1[IH]C)N(C(=O)OC)C(=O)OC(C)(C)C.[Y]. The first kappa shape index (κ1) is 29.9. The summed E-state index contributed by atoms with van der Waals surface area (Å²) in [6, 6.07) is 2.30. The minimum absolute atomic E-state index is 0. The molecule has 0 saturated carbocycles. The Bertz CT molecular complexity index is 781. The molecule has 0 spiro atoms. The van der Waals surface area contributed by atoms with Crippen LogP contribution in [0.1, 0.15) is 26.3 Å². The number of amides is 2. The maximum absolute atomic E-state index is 12.7. The van der Waals surface area contributed by atoms with Crippen LogP contribution < -0.4 is 9.47 Å². The molecular weight excluding hydrogens is 598 g/mol. The molecule has 31 heavy (non-hydrogen) atoms. The van der Waals surface area contributed by atoms with Crippen molar-refractivity contribution in [1.29, 1.82) is 0 Å². The van der Waals surface area contributed by atoms with Gasteiger partial charge in [-0.3, -0.25) is 0 Å². The van der Waals surface area contributed by atoms with E-state index in [0.29, 0.717) is 16.4 Å². The molecule has 1 radical (unpaired) electrons. The predicted molar refractivity (Wildman–Crippen MR) is 120 cm³/mol. The Hall–Kier alpha value is -1.14. The largest absolute Gasteiger partial charge is 0 e. The number of carbonyl (C=O) groups is 3. The average molecular weight is 628 g/mol.